The zero-order valence-electron chi connectivity index (χ0n) is 9.36. The number of aromatic nitrogens is 1. The van der Waals surface area contributed by atoms with E-state index < -0.39 is 11.6 Å². The Morgan fingerprint density at radius 2 is 2.06 bits per heavy atom. The van der Waals surface area contributed by atoms with Gasteiger partial charge in [0, 0.05) is 17.8 Å². The van der Waals surface area contributed by atoms with Crippen LogP contribution >= 0.6 is 0 Å². The zero-order valence-corrected chi connectivity index (χ0v) is 9.36. The second-order valence-electron chi connectivity index (χ2n) is 3.52. The van der Waals surface area contributed by atoms with Gasteiger partial charge in [0.25, 0.3) is 0 Å². The fraction of sp³-hybridized carbons (Fsp3) is 0.0833. The van der Waals surface area contributed by atoms with Gasteiger partial charge >= 0.3 is 0 Å². The van der Waals surface area contributed by atoms with Crippen molar-refractivity contribution >= 4 is 5.82 Å². The number of anilines is 1. The first-order valence-electron chi connectivity index (χ1n) is 5.19. The molecule has 1 heterocycles. The van der Waals surface area contributed by atoms with Crippen LogP contribution in [0.4, 0.5) is 14.6 Å². The van der Waals surface area contributed by atoms with Gasteiger partial charge in [-0.05, 0) is 18.2 Å². The minimum atomic E-state index is -0.948. The van der Waals surface area contributed by atoms with Crippen LogP contribution in [-0.4, -0.2) is 4.98 Å². The van der Waals surface area contributed by atoms with Crippen LogP contribution in [-0.2, 0) is 6.61 Å². The van der Waals surface area contributed by atoms with E-state index in [1.165, 1.54) is 6.07 Å². The van der Waals surface area contributed by atoms with Crippen LogP contribution in [0.25, 0.3) is 0 Å². The highest BCUT2D eigenvalue weighted by Gasteiger charge is 2.05. The highest BCUT2D eigenvalue weighted by Crippen LogP contribution is 2.18. The standard InChI is InChI=1S/C12H11F2N3O/c13-10-4-3-9(6-11(10)14)18-7-8-2-1-5-16-12(8)17-15/h1-6H,7,15H2,(H,16,17). The van der Waals surface area contributed by atoms with E-state index in [4.69, 9.17) is 10.6 Å². The number of pyridine rings is 1. The summed E-state index contributed by atoms with van der Waals surface area (Å²) in [6.07, 6.45) is 1.58. The average Bonchev–Trinajstić information content (AvgIpc) is 2.40. The molecule has 3 N–H and O–H groups in total. The van der Waals surface area contributed by atoms with Crippen molar-refractivity contribution in [3.05, 3.63) is 53.7 Å². The lowest BCUT2D eigenvalue weighted by atomic mass is 10.2. The molecule has 1 aromatic heterocycles. The first kappa shape index (κ1) is 12.3. The molecule has 94 valence electrons. The maximum atomic E-state index is 13.0. The van der Waals surface area contributed by atoms with Gasteiger partial charge in [0.15, 0.2) is 11.6 Å². The molecular weight excluding hydrogens is 240 g/mol. The molecule has 0 amide bonds. The van der Waals surface area contributed by atoms with Crippen molar-refractivity contribution in [2.75, 3.05) is 5.43 Å². The number of nitrogens with zero attached hydrogens (tertiary/aromatic N) is 1. The number of ether oxygens (including phenoxy) is 1. The minimum absolute atomic E-state index is 0.151. The number of rotatable bonds is 4. The minimum Gasteiger partial charge on any atom is -0.489 e. The van der Waals surface area contributed by atoms with Crippen LogP contribution in [0.5, 0.6) is 5.75 Å². The van der Waals surface area contributed by atoms with Crippen molar-refractivity contribution in [3.8, 4) is 5.75 Å². The number of benzene rings is 1. The Labute approximate surface area is 102 Å². The number of nitrogens with two attached hydrogens (primary N) is 1. The fourth-order valence-corrected chi connectivity index (χ4v) is 1.41. The topological polar surface area (TPSA) is 60.2 Å². The number of halogens is 2. The summed E-state index contributed by atoms with van der Waals surface area (Å²) in [6, 6.07) is 6.84. The van der Waals surface area contributed by atoms with E-state index in [1.54, 1.807) is 18.3 Å². The van der Waals surface area contributed by atoms with Crippen LogP contribution in [0.15, 0.2) is 36.5 Å². The molecule has 0 atom stereocenters. The molecule has 2 rings (SSSR count). The maximum Gasteiger partial charge on any atom is 0.162 e. The van der Waals surface area contributed by atoms with Gasteiger partial charge in [-0.25, -0.2) is 19.6 Å². The van der Waals surface area contributed by atoms with Gasteiger partial charge in [0.05, 0.1) is 0 Å². The summed E-state index contributed by atoms with van der Waals surface area (Å²) in [4.78, 5) is 3.99. The van der Waals surface area contributed by atoms with Gasteiger partial charge in [-0.3, -0.25) is 0 Å². The third-order valence-corrected chi connectivity index (χ3v) is 2.31. The van der Waals surface area contributed by atoms with Gasteiger partial charge in [0.1, 0.15) is 18.2 Å². The van der Waals surface area contributed by atoms with Crippen molar-refractivity contribution in [2.45, 2.75) is 6.61 Å². The predicted octanol–water partition coefficient (Wildman–Crippen LogP) is 2.22. The Morgan fingerprint density at radius 1 is 1.22 bits per heavy atom. The van der Waals surface area contributed by atoms with Crippen LogP contribution < -0.4 is 16.0 Å². The molecule has 2 aromatic rings. The van der Waals surface area contributed by atoms with Gasteiger partial charge < -0.3 is 10.2 Å². The van der Waals surface area contributed by atoms with E-state index in [9.17, 15) is 8.78 Å². The number of hydrazine groups is 1. The Hall–Kier alpha value is -2.21. The second kappa shape index (κ2) is 5.42. The summed E-state index contributed by atoms with van der Waals surface area (Å²) >= 11 is 0. The number of hydrogen-bond acceptors (Lipinski definition) is 4. The van der Waals surface area contributed by atoms with Crippen LogP contribution in [0, 0.1) is 11.6 Å². The molecular formula is C12H11F2N3O. The molecule has 0 aliphatic rings. The molecule has 4 nitrogen and oxygen atoms in total. The molecule has 0 unspecified atom stereocenters. The van der Waals surface area contributed by atoms with Crippen molar-refractivity contribution in [1.82, 2.24) is 4.98 Å². The van der Waals surface area contributed by atoms with Crippen molar-refractivity contribution in [1.29, 1.82) is 0 Å². The Morgan fingerprint density at radius 3 is 2.78 bits per heavy atom. The van der Waals surface area contributed by atoms with Crippen molar-refractivity contribution in [3.63, 3.8) is 0 Å². The highest BCUT2D eigenvalue weighted by atomic mass is 19.2. The summed E-state index contributed by atoms with van der Waals surface area (Å²) in [6.45, 7) is 0.151. The second-order valence-corrected chi connectivity index (χ2v) is 3.52. The van der Waals surface area contributed by atoms with E-state index in [1.807, 2.05) is 0 Å². The molecule has 0 saturated carbocycles. The number of nitrogens with one attached hydrogen (secondary N) is 1. The third kappa shape index (κ3) is 2.72. The van der Waals surface area contributed by atoms with E-state index in [0.29, 0.717) is 11.4 Å². The van der Waals surface area contributed by atoms with E-state index in [-0.39, 0.29) is 12.4 Å². The summed E-state index contributed by atoms with van der Waals surface area (Å²) in [7, 11) is 0. The smallest absolute Gasteiger partial charge is 0.162 e. The first-order chi connectivity index (χ1) is 8.70. The normalized spacial score (nSPS) is 10.2. The maximum absolute atomic E-state index is 13.0. The quantitative estimate of drug-likeness (QED) is 0.646. The van der Waals surface area contributed by atoms with E-state index in [2.05, 4.69) is 10.4 Å². The van der Waals surface area contributed by atoms with Crippen LogP contribution in [0.2, 0.25) is 0 Å². The lowest BCUT2D eigenvalue weighted by Gasteiger charge is -2.09. The summed E-state index contributed by atoms with van der Waals surface area (Å²) in [5.74, 6) is 4.14. The van der Waals surface area contributed by atoms with Gasteiger partial charge in [0.2, 0.25) is 0 Å². The summed E-state index contributed by atoms with van der Waals surface area (Å²) in [5.41, 5.74) is 3.14. The number of hydrogen-bond donors (Lipinski definition) is 2. The Bertz CT molecular complexity index is 549. The van der Waals surface area contributed by atoms with Crippen LogP contribution in [0.3, 0.4) is 0 Å². The average molecular weight is 251 g/mol. The lowest BCUT2D eigenvalue weighted by Crippen LogP contribution is -2.12. The molecule has 6 heteroatoms. The molecule has 18 heavy (non-hydrogen) atoms. The molecule has 0 aliphatic carbocycles. The Kier molecular flexibility index (Phi) is 3.69. The third-order valence-electron chi connectivity index (χ3n) is 2.31. The van der Waals surface area contributed by atoms with Gasteiger partial charge in [-0.1, -0.05) is 6.07 Å². The molecule has 0 aliphatic heterocycles. The summed E-state index contributed by atoms with van der Waals surface area (Å²) in [5, 5.41) is 0. The van der Waals surface area contributed by atoms with E-state index in [0.717, 1.165) is 12.1 Å². The van der Waals surface area contributed by atoms with Gasteiger partial charge in [-0.2, -0.15) is 0 Å². The highest BCUT2D eigenvalue weighted by molar-refractivity contribution is 5.42. The predicted molar refractivity (Wildman–Crippen MR) is 62.7 cm³/mol. The number of nitrogen functional groups attached to an aromatic ring is 1. The molecule has 0 spiro atoms. The van der Waals surface area contributed by atoms with Crippen molar-refractivity contribution < 1.29 is 13.5 Å². The summed E-state index contributed by atoms with van der Waals surface area (Å²) < 4.78 is 31.0. The zero-order chi connectivity index (χ0) is 13.0. The lowest BCUT2D eigenvalue weighted by molar-refractivity contribution is 0.303. The Balaban J connectivity index is 2.09. The SMILES string of the molecule is NNc1ncccc1COc1ccc(F)c(F)c1. The first-order valence-corrected chi connectivity index (χ1v) is 5.19. The fourth-order valence-electron chi connectivity index (χ4n) is 1.41. The molecule has 0 saturated heterocycles. The van der Waals surface area contributed by atoms with Crippen LogP contribution in [0.1, 0.15) is 5.56 Å². The largest absolute Gasteiger partial charge is 0.489 e. The van der Waals surface area contributed by atoms with Gasteiger partial charge in [-0.15, -0.1) is 0 Å². The molecule has 1 aromatic carbocycles. The molecule has 0 bridgehead atoms. The monoisotopic (exact) mass is 251 g/mol. The molecule has 0 fully saturated rings. The van der Waals surface area contributed by atoms with E-state index >= 15 is 0 Å². The van der Waals surface area contributed by atoms with Crippen molar-refractivity contribution in [2.24, 2.45) is 5.84 Å². The molecule has 0 radical (unpaired) electrons.